The SMILES string of the molecule is COC(C/C=C/c1cccc(F)c1)OC. The Kier molecular flexibility index (Phi) is 5.01. The minimum absolute atomic E-state index is 0.229. The number of benzene rings is 1. The monoisotopic (exact) mass is 210 g/mol. The van der Waals surface area contributed by atoms with E-state index >= 15 is 0 Å². The van der Waals surface area contributed by atoms with Gasteiger partial charge in [-0.25, -0.2) is 4.39 Å². The number of methoxy groups -OCH3 is 2. The lowest BCUT2D eigenvalue weighted by Crippen LogP contribution is -2.10. The van der Waals surface area contributed by atoms with Gasteiger partial charge in [-0.05, 0) is 17.7 Å². The average Bonchev–Trinajstić information content (AvgIpc) is 2.25. The van der Waals surface area contributed by atoms with Crippen LogP contribution in [0.3, 0.4) is 0 Å². The Morgan fingerprint density at radius 3 is 2.67 bits per heavy atom. The van der Waals surface area contributed by atoms with Crippen molar-refractivity contribution in [1.82, 2.24) is 0 Å². The number of halogens is 1. The molecule has 1 rings (SSSR count). The molecule has 0 aliphatic rings. The number of hydrogen-bond acceptors (Lipinski definition) is 2. The maximum absolute atomic E-state index is 12.8. The van der Waals surface area contributed by atoms with Crippen molar-refractivity contribution >= 4 is 6.08 Å². The Morgan fingerprint density at radius 2 is 2.07 bits per heavy atom. The van der Waals surface area contributed by atoms with Crippen LogP contribution in [0, 0.1) is 5.82 Å². The molecule has 0 radical (unpaired) electrons. The Bertz CT molecular complexity index is 319. The Hall–Kier alpha value is -1.19. The predicted octanol–water partition coefficient (Wildman–Crippen LogP) is 2.85. The first-order chi connectivity index (χ1) is 7.26. The highest BCUT2D eigenvalue weighted by Gasteiger charge is 2.00. The normalized spacial score (nSPS) is 11.5. The van der Waals surface area contributed by atoms with Crippen molar-refractivity contribution in [2.24, 2.45) is 0 Å². The summed E-state index contributed by atoms with van der Waals surface area (Å²) in [4.78, 5) is 0. The van der Waals surface area contributed by atoms with Crippen molar-refractivity contribution in [3.8, 4) is 0 Å². The van der Waals surface area contributed by atoms with E-state index in [-0.39, 0.29) is 12.1 Å². The third-order valence-electron chi connectivity index (χ3n) is 2.01. The highest BCUT2D eigenvalue weighted by molar-refractivity contribution is 5.48. The van der Waals surface area contributed by atoms with Crippen molar-refractivity contribution in [2.75, 3.05) is 14.2 Å². The maximum Gasteiger partial charge on any atom is 0.160 e. The summed E-state index contributed by atoms with van der Waals surface area (Å²) in [6.07, 6.45) is 4.14. The van der Waals surface area contributed by atoms with Gasteiger partial charge in [-0.3, -0.25) is 0 Å². The first-order valence-corrected chi connectivity index (χ1v) is 4.74. The Balaban J connectivity index is 2.50. The lowest BCUT2D eigenvalue weighted by Gasteiger charge is -2.09. The van der Waals surface area contributed by atoms with Gasteiger partial charge in [0.1, 0.15) is 5.82 Å². The fourth-order valence-electron chi connectivity index (χ4n) is 1.21. The van der Waals surface area contributed by atoms with Gasteiger partial charge in [-0.15, -0.1) is 0 Å². The van der Waals surface area contributed by atoms with Gasteiger partial charge in [-0.2, -0.15) is 0 Å². The largest absolute Gasteiger partial charge is 0.356 e. The van der Waals surface area contributed by atoms with E-state index in [1.807, 2.05) is 18.2 Å². The van der Waals surface area contributed by atoms with E-state index in [2.05, 4.69) is 0 Å². The molecule has 0 N–H and O–H groups in total. The molecule has 0 bridgehead atoms. The van der Waals surface area contributed by atoms with Gasteiger partial charge in [0.05, 0.1) is 0 Å². The second-order valence-electron chi connectivity index (χ2n) is 3.09. The predicted molar refractivity (Wildman–Crippen MR) is 57.9 cm³/mol. The zero-order chi connectivity index (χ0) is 11.1. The van der Waals surface area contributed by atoms with Gasteiger partial charge < -0.3 is 9.47 Å². The smallest absolute Gasteiger partial charge is 0.160 e. The summed E-state index contributed by atoms with van der Waals surface area (Å²) >= 11 is 0. The van der Waals surface area contributed by atoms with Crippen LogP contribution in [-0.4, -0.2) is 20.5 Å². The minimum Gasteiger partial charge on any atom is -0.356 e. The third kappa shape index (κ3) is 4.23. The van der Waals surface area contributed by atoms with Gasteiger partial charge in [0.15, 0.2) is 6.29 Å². The van der Waals surface area contributed by atoms with Crippen LogP contribution in [-0.2, 0) is 9.47 Å². The van der Waals surface area contributed by atoms with E-state index in [4.69, 9.17) is 9.47 Å². The van der Waals surface area contributed by atoms with Gasteiger partial charge in [0.2, 0.25) is 0 Å². The van der Waals surface area contributed by atoms with Crippen LogP contribution in [0.1, 0.15) is 12.0 Å². The lowest BCUT2D eigenvalue weighted by molar-refractivity contribution is -0.0985. The van der Waals surface area contributed by atoms with Gasteiger partial charge >= 0.3 is 0 Å². The summed E-state index contributed by atoms with van der Waals surface area (Å²) < 4.78 is 22.8. The molecule has 0 aliphatic heterocycles. The van der Waals surface area contributed by atoms with Gasteiger partial charge in [0, 0.05) is 20.6 Å². The Morgan fingerprint density at radius 1 is 1.33 bits per heavy atom. The van der Waals surface area contributed by atoms with E-state index in [1.165, 1.54) is 12.1 Å². The molecular formula is C12H15FO2. The molecule has 0 fully saturated rings. The molecule has 82 valence electrons. The highest BCUT2D eigenvalue weighted by atomic mass is 19.1. The molecule has 0 heterocycles. The topological polar surface area (TPSA) is 18.5 Å². The molecule has 0 spiro atoms. The van der Waals surface area contributed by atoms with Gasteiger partial charge in [0.25, 0.3) is 0 Å². The van der Waals surface area contributed by atoms with E-state index in [1.54, 1.807) is 20.3 Å². The summed E-state index contributed by atoms with van der Waals surface area (Å²) in [5.74, 6) is -0.229. The van der Waals surface area contributed by atoms with Crippen LogP contribution in [0.15, 0.2) is 30.3 Å². The van der Waals surface area contributed by atoms with E-state index in [0.29, 0.717) is 6.42 Å². The van der Waals surface area contributed by atoms with Crippen molar-refractivity contribution in [3.63, 3.8) is 0 Å². The molecular weight excluding hydrogens is 195 g/mol. The molecule has 2 nitrogen and oxygen atoms in total. The third-order valence-corrected chi connectivity index (χ3v) is 2.01. The summed E-state index contributed by atoms with van der Waals surface area (Å²) in [6.45, 7) is 0. The quantitative estimate of drug-likeness (QED) is 0.696. The first-order valence-electron chi connectivity index (χ1n) is 4.74. The number of rotatable bonds is 5. The molecule has 0 amide bonds. The van der Waals surface area contributed by atoms with Crippen molar-refractivity contribution in [3.05, 3.63) is 41.7 Å². The fourth-order valence-corrected chi connectivity index (χ4v) is 1.21. The van der Waals surface area contributed by atoms with Crippen molar-refractivity contribution in [2.45, 2.75) is 12.7 Å². The zero-order valence-electron chi connectivity index (χ0n) is 8.94. The summed E-state index contributed by atoms with van der Waals surface area (Å²) in [5, 5.41) is 0. The second-order valence-corrected chi connectivity index (χ2v) is 3.09. The molecule has 0 aromatic heterocycles. The summed E-state index contributed by atoms with van der Waals surface area (Å²) in [6, 6.07) is 6.42. The standard InChI is InChI=1S/C12H15FO2/c1-14-12(15-2)8-4-6-10-5-3-7-11(13)9-10/h3-7,9,12H,8H2,1-2H3/b6-4+. The summed E-state index contributed by atoms with van der Waals surface area (Å²) in [5.41, 5.74) is 0.834. The first kappa shape index (κ1) is 11.9. The zero-order valence-corrected chi connectivity index (χ0v) is 8.94. The van der Waals surface area contributed by atoms with Crippen molar-refractivity contribution in [1.29, 1.82) is 0 Å². The molecule has 15 heavy (non-hydrogen) atoms. The van der Waals surface area contributed by atoms with E-state index < -0.39 is 0 Å². The average molecular weight is 210 g/mol. The van der Waals surface area contributed by atoms with Crippen LogP contribution in [0.5, 0.6) is 0 Å². The number of ether oxygens (including phenoxy) is 2. The minimum atomic E-state index is -0.241. The van der Waals surface area contributed by atoms with E-state index in [0.717, 1.165) is 5.56 Å². The molecule has 0 saturated carbocycles. The van der Waals surface area contributed by atoms with Crippen LogP contribution in [0.4, 0.5) is 4.39 Å². The molecule has 0 saturated heterocycles. The highest BCUT2D eigenvalue weighted by Crippen LogP contribution is 2.07. The molecule has 0 unspecified atom stereocenters. The van der Waals surface area contributed by atoms with Crippen LogP contribution >= 0.6 is 0 Å². The van der Waals surface area contributed by atoms with Gasteiger partial charge in [-0.1, -0.05) is 24.3 Å². The molecule has 1 aromatic carbocycles. The lowest BCUT2D eigenvalue weighted by atomic mass is 10.2. The summed E-state index contributed by atoms with van der Waals surface area (Å²) in [7, 11) is 3.17. The van der Waals surface area contributed by atoms with Crippen LogP contribution in [0.25, 0.3) is 6.08 Å². The van der Waals surface area contributed by atoms with Crippen molar-refractivity contribution < 1.29 is 13.9 Å². The van der Waals surface area contributed by atoms with E-state index in [9.17, 15) is 4.39 Å². The van der Waals surface area contributed by atoms with Crippen LogP contribution < -0.4 is 0 Å². The fraction of sp³-hybridized carbons (Fsp3) is 0.333. The molecule has 3 heteroatoms. The number of hydrogen-bond donors (Lipinski definition) is 0. The Labute approximate surface area is 89.3 Å². The second kappa shape index (κ2) is 6.32. The molecule has 0 atom stereocenters. The molecule has 0 aliphatic carbocycles. The molecule has 1 aromatic rings. The maximum atomic E-state index is 12.8. The van der Waals surface area contributed by atoms with Crippen LogP contribution in [0.2, 0.25) is 0 Å².